The van der Waals surface area contributed by atoms with E-state index >= 15 is 0 Å². The van der Waals surface area contributed by atoms with Gasteiger partial charge < -0.3 is 10.1 Å². The van der Waals surface area contributed by atoms with E-state index in [1.807, 2.05) is 6.92 Å². The van der Waals surface area contributed by atoms with Crippen molar-refractivity contribution < 1.29 is 17.9 Å². The first-order valence-corrected chi connectivity index (χ1v) is 8.75. The Morgan fingerprint density at radius 1 is 1.36 bits per heavy atom. The zero-order valence-corrected chi connectivity index (χ0v) is 13.9. The number of nitrogens with zero attached hydrogens (tertiary/aromatic N) is 1. The second-order valence-corrected chi connectivity index (χ2v) is 8.05. The van der Waals surface area contributed by atoms with Gasteiger partial charge in [-0.05, 0) is 51.0 Å². The van der Waals surface area contributed by atoms with Gasteiger partial charge in [-0.3, -0.25) is 4.79 Å². The average molecular weight is 326 g/mol. The van der Waals surface area contributed by atoms with E-state index in [0.29, 0.717) is 37.4 Å². The summed E-state index contributed by atoms with van der Waals surface area (Å²) in [4.78, 5) is 12.5. The van der Waals surface area contributed by atoms with Crippen LogP contribution >= 0.6 is 0 Å². The molecule has 1 N–H and O–H groups in total. The lowest BCUT2D eigenvalue weighted by Gasteiger charge is -2.36. The molecule has 122 valence electrons. The van der Waals surface area contributed by atoms with E-state index in [1.165, 1.54) is 18.3 Å². The van der Waals surface area contributed by atoms with Crippen LogP contribution in [0, 0.1) is 0 Å². The molecule has 1 aromatic rings. The number of rotatable bonds is 4. The number of ether oxygens (including phenoxy) is 1. The van der Waals surface area contributed by atoms with Gasteiger partial charge in [0, 0.05) is 19.3 Å². The third-order valence-electron chi connectivity index (χ3n) is 4.01. The Bertz CT molecular complexity index is 642. The van der Waals surface area contributed by atoms with Crippen molar-refractivity contribution >= 4 is 21.6 Å². The maximum Gasteiger partial charge on any atom is 0.246 e. The molecule has 0 unspecified atom stereocenters. The Balaban J connectivity index is 2.17. The standard InChI is InChI=1S/C15H22N2O4S/c1-4-21-13-8-6-12(7-9-13)16-14(18)15(2)10-5-11-17(3)22(15,19)20/h6-9H,4-5,10-11H2,1-3H3,(H,16,18)/t15-/m1/s1. The van der Waals surface area contributed by atoms with Gasteiger partial charge in [-0.25, -0.2) is 12.7 Å². The summed E-state index contributed by atoms with van der Waals surface area (Å²) >= 11 is 0. The molecular formula is C15H22N2O4S. The Hall–Kier alpha value is -1.60. The fraction of sp³-hybridized carbons (Fsp3) is 0.533. The minimum Gasteiger partial charge on any atom is -0.494 e. The normalized spacial score (nSPS) is 24.7. The lowest BCUT2D eigenvalue weighted by atomic mass is 10.0. The van der Waals surface area contributed by atoms with Gasteiger partial charge in [0.15, 0.2) is 4.75 Å². The number of benzene rings is 1. The highest BCUT2D eigenvalue weighted by atomic mass is 32.2. The number of carbonyl (C=O) groups excluding carboxylic acids is 1. The number of nitrogens with one attached hydrogen (secondary N) is 1. The van der Waals surface area contributed by atoms with Crippen molar-refractivity contribution in [1.29, 1.82) is 0 Å². The van der Waals surface area contributed by atoms with Crippen molar-refractivity contribution in [3.63, 3.8) is 0 Å². The van der Waals surface area contributed by atoms with Crippen LogP contribution in [0.1, 0.15) is 26.7 Å². The van der Waals surface area contributed by atoms with Crippen LogP contribution in [0.4, 0.5) is 5.69 Å². The average Bonchev–Trinajstić information content (AvgIpc) is 2.47. The monoisotopic (exact) mass is 326 g/mol. The van der Waals surface area contributed by atoms with Gasteiger partial charge in [0.1, 0.15) is 5.75 Å². The van der Waals surface area contributed by atoms with Crippen LogP contribution < -0.4 is 10.1 Å². The zero-order chi connectivity index (χ0) is 16.4. The quantitative estimate of drug-likeness (QED) is 0.916. The summed E-state index contributed by atoms with van der Waals surface area (Å²) in [6.45, 7) is 4.39. The predicted molar refractivity (Wildman–Crippen MR) is 85.4 cm³/mol. The molecule has 1 aliphatic heterocycles. The van der Waals surface area contributed by atoms with Crippen molar-refractivity contribution in [1.82, 2.24) is 4.31 Å². The van der Waals surface area contributed by atoms with Crippen LogP contribution in [0.25, 0.3) is 0 Å². The smallest absolute Gasteiger partial charge is 0.246 e. The lowest BCUT2D eigenvalue weighted by Crippen LogP contribution is -2.56. The Morgan fingerprint density at radius 2 is 2.00 bits per heavy atom. The van der Waals surface area contributed by atoms with Crippen LogP contribution in [0.15, 0.2) is 24.3 Å². The molecule has 0 radical (unpaired) electrons. The van der Waals surface area contributed by atoms with Gasteiger partial charge >= 0.3 is 0 Å². The van der Waals surface area contributed by atoms with Crippen molar-refractivity contribution in [3.05, 3.63) is 24.3 Å². The summed E-state index contributed by atoms with van der Waals surface area (Å²) in [7, 11) is -2.13. The van der Waals surface area contributed by atoms with Crippen molar-refractivity contribution in [2.24, 2.45) is 0 Å². The molecular weight excluding hydrogens is 304 g/mol. The maximum absolute atomic E-state index is 12.5. The van der Waals surface area contributed by atoms with E-state index in [-0.39, 0.29) is 0 Å². The van der Waals surface area contributed by atoms with Gasteiger partial charge in [-0.15, -0.1) is 0 Å². The van der Waals surface area contributed by atoms with Crippen LogP contribution in [-0.4, -0.2) is 43.6 Å². The number of hydrogen-bond acceptors (Lipinski definition) is 4. The molecule has 0 bridgehead atoms. The molecule has 1 heterocycles. The minimum atomic E-state index is -3.64. The molecule has 6 nitrogen and oxygen atoms in total. The van der Waals surface area contributed by atoms with Crippen LogP contribution in [0.3, 0.4) is 0 Å². The van der Waals surface area contributed by atoms with Gasteiger partial charge in [-0.1, -0.05) is 0 Å². The SMILES string of the molecule is CCOc1ccc(NC(=O)[C@@]2(C)CCCN(C)S2(=O)=O)cc1. The summed E-state index contributed by atoms with van der Waals surface area (Å²) < 4.78 is 30.1. The predicted octanol–water partition coefficient (Wildman–Crippen LogP) is 1.84. The Kier molecular flexibility index (Phi) is 4.77. The largest absolute Gasteiger partial charge is 0.494 e. The first-order chi connectivity index (χ1) is 10.3. The zero-order valence-electron chi connectivity index (χ0n) is 13.1. The van der Waals surface area contributed by atoms with E-state index in [4.69, 9.17) is 4.74 Å². The fourth-order valence-corrected chi connectivity index (χ4v) is 4.27. The highest BCUT2D eigenvalue weighted by molar-refractivity contribution is 7.91. The van der Waals surface area contributed by atoms with E-state index in [9.17, 15) is 13.2 Å². The summed E-state index contributed by atoms with van der Waals surface area (Å²) in [5.41, 5.74) is 0.554. The first-order valence-electron chi connectivity index (χ1n) is 7.31. The Labute approximate surface area is 131 Å². The number of hydrogen-bond donors (Lipinski definition) is 1. The Morgan fingerprint density at radius 3 is 2.59 bits per heavy atom. The van der Waals surface area contributed by atoms with E-state index < -0.39 is 20.7 Å². The van der Waals surface area contributed by atoms with E-state index in [0.717, 1.165) is 0 Å². The molecule has 22 heavy (non-hydrogen) atoms. The molecule has 1 aliphatic rings. The summed E-state index contributed by atoms with van der Waals surface area (Å²) in [5, 5.41) is 2.70. The van der Waals surface area contributed by atoms with Crippen LogP contribution in [0.5, 0.6) is 5.75 Å². The maximum atomic E-state index is 12.5. The van der Waals surface area contributed by atoms with Crippen molar-refractivity contribution in [3.8, 4) is 5.75 Å². The van der Waals surface area contributed by atoms with Gasteiger partial charge in [0.2, 0.25) is 15.9 Å². The van der Waals surface area contributed by atoms with Crippen molar-refractivity contribution in [2.75, 3.05) is 25.5 Å². The third kappa shape index (κ3) is 2.96. The molecule has 1 saturated heterocycles. The summed E-state index contributed by atoms with van der Waals surface area (Å²) in [5.74, 6) is 0.208. The molecule has 0 aliphatic carbocycles. The van der Waals surface area contributed by atoms with Crippen LogP contribution in [0.2, 0.25) is 0 Å². The molecule has 1 aromatic carbocycles. The number of anilines is 1. The lowest BCUT2D eigenvalue weighted by molar-refractivity contribution is -0.118. The number of carbonyl (C=O) groups is 1. The molecule has 1 fully saturated rings. The molecule has 2 rings (SSSR count). The van der Waals surface area contributed by atoms with Crippen molar-refractivity contribution in [2.45, 2.75) is 31.4 Å². The fourth-order valence-electron chi connectivity index (χ4n) is 2.53. The molecule has 1 atom stereocenters. The summed E-state index contributed by atoms with van der Waals surface area (Å²) in [6, 6.07) is 6.88. The minimum absolute atomic E-state index is 0.322. The third-order valence-corrected chi connectivity index (χ3v) is 6.54. The summed E-state index contributed by atoms with van der Waals surface area (Å²) in [6.07, 6.45) is 0.992. The van der Waals surface area contributed by atoms with Gasteiger partial charge in [0.05, 0.1) is 6.61 Å². The molecule has 7 heteroatoms. The molecule has 0 saturated carbocycles. The molecule has 1 amide bonds. The number of amides is 1. The van der Waals surface area contributed by atoms with Gasteiger partial charge in [-0.2, -0.15) is 0 Å². The topological polar surface area (TPSA) is 75.7 Å². The van der Waals surface area contributed by atoms with E-state index in [1.54, 1.807) is 24.3 Å². The highest BCUT2D eigenvalue weighted by Crippen LogP contribution is 2.32. The van der Waals surface area contributed by atoms with E-state index in [2.05, 4.69) is 5.32 Å². The highest BCUT2D eigenvalue weighted by Gasteiger charge is 2.50. The second kappa shape index (κ2) is 6.26. The number of sulfonamides is 1. The first kappa shape index (κ1) is 16.8. The second-order valence-electron chi connectivity index (χ2n) is 5.57. The van der Waals surface area contributed by atoms with Crippen LogP contribution in [-0.2, 0) is 14.8 Å². The molecule has 0 aromatic heterocycles. The molecule has 0 spiro atoms. The van der Waals surface area contributed by atoms with Gasteiger partial charge in [0.25, 0.3) is 0 Å².